The summed E-state index contributed by atoms with van der Waals surface area (Å²) in [6, 6.07) is 15.1. The maximum absolute atomic E-state index is 11.6. The van der Waals surface area contributed by atoms with Gasteiger partial charge in [-0.3, -0.25) is 0 Å². The Morgan fingerprint density at radius 3 is 1.29 bits per heavy atom. The van der Waals surface area contributed by atoms with Crippen LogP contribution in [0.5, 0.6) is 11.5 Å². The Hall–Kier alpha value is -3.62. The Morgan fingerprint density at radius 2 is 0.971 bits per heavy atom. The van der Waals surface area contributed by atoms with Crippen molar-refractivity contribution in [3.05, 3.63) is 72.8 Å². The van der Waals surface area contributed by atoms with E-state index in [1.165, 1.54) is 14.2 Å². The van der Waals surface area contributed by atoms with E-state index in [9.17, 15) is 9.59 Å². The summed E-state index contributed by atoms with van der Waals surface area (Å²) in [5.74, 6) is 0.334. The lowest BCUT2D eigenvalue weighted by molar-refractivity contribution is -0.141. The van der Waals surface area contributed by atoms with Gasteiger partial charge in [0.15, 0.2) is 0 Å². The molecule has 2 aromatic carbocycles. The minimum absolute atomic E-state index is 0.117. The first-order valence-corrected chi connectivity index (χ1v) is 10.6. The van der Waals surface area contributed by atoms with E-state index >= 15 is 0 Å². The first kappa shape index (κ1) is 26.6. The number of ether oxygens (including phenoxy) is 6. The van der Waals surface area contributed by atoms with Gasteiger partial charge in [-0.1, -0.05) is 37.4 Å². The van der Waals surface area contributed by atoms with Gasteiger partial charge in [-0.2, -0.15) is 0 Å². The number of esters is 2. The van der Waals surface area contributed by atoms with Crippen LogP contribution in [0, 0.1) is 0 Å². The van der Waals surface area contributed by atoms with E-state index in [-0.39, 0.29) is 50.8 Å². The number of methoxy groups -OCH3 is 2. The molecule has 2 rings (SSSR count). The molecule has 0 bridgehead atoms. The van der Waals surface area contributed by atoms with Crippen LogP contribution < -0.4 is 9.47 Å². The van der Waals surface area contributed by atoms with Gasteiger partial charge in [0, 0.05) is 14.2 Å². The number of benzene rings is 2. The summed E-state index contributed by atoms with van der Waals surface area (Å²) >= 11 is 0. The first-order valence-electron chi connectivity index (χ1n) is 10.6. The average Bonchev–Trinajstić information content (AvgIpc) is 2.85. The zero-order valence-corrected chi connectivity index (χ0v) is 19.5. The van der Waals surface area contributed by atoms with Crippen molar-refractivity contribution < 1.29 is 38.0 Å². The Balaban J connectivity index is 1.73. The van der Waals surface area contributed by atoms with Crippen LogP contribution in [0.1, 0.15) is 0 Å². The largest absolute Gasteiger partial charge is 0.490 e. The summed E-state index contributed by atoms with van der Waals surface area (Å²) in [4.78, 5) is 23.2. The molecule has 8 heteroatoms. The molecule has 0 spiro atoms. The van der Waals surface area contributed by atoms with E-state index in [2.05, 4.69) is 13.2 Å². The van der Waals surface area contributed by atoms with Gasteiger partial charge >= 0.3 is 11.9 Å². The van der Waals surface area contributed by atoms with Crippen molar-refractivity contribution in [3.8, 4) is 22.6 Å². The van der Waals surface area contributed by atoms with E-state index in [1.807, 2.05) is 48.5 Å². The van der Waals surface area contributed by atoms with Gasteiger partial charge in [0.05, 0.1) is 24.4 Å². The number of hydrogen-bond acceptors (Lipinski definition) is 8. The molecular weight excluding hydrogens is 440 g/mol. The fourth-order valence-corrected chi connectivity index (χ4v) is 2.75. The second-order valence-corrected chi connectivity index (χ2v) is 7.09. The number of carbonyl (C=O) groups is 2. The molecular formula is C26H30O8. The van der Waals surface area contributed by atoms with Crippen molar-refractivity contribution in [2.75, 3.05) is 53.9 Å². The van der Waals surface area contributed by atoms with Gasteiger partial charge in [-0.15, -0.1) is 0 Å². The summed E-state index contributed by atoms with van der Waals surface area (Å²) in [6.07, 6.45) is 0. The molecule has 0 N–H and O–H groups in total. The first-order chi connectivity index (χ1) is 16.4. The van der Waals surface area contributed by atoms with Gasteiger partial charge in [0.25, 0.3) is 0 Å². The molecule has 0 aliphatic carbocycles. The van der Waals surface area contributed by atoms with Crippen LogP contribution in [0.25, 0.3) is 11.1 Å². The normalized spacial score (nSPS) is 10.3. The van der Waals surface area contributed by atoms with Gasteiger partial charge in [0.1, 0.15) is 37.9 Å². The summed E-state index contributed by atoms with van der Waals surface area (Å²) < 4.78 is 31.0. The van der Waals surface area contributed by atoms with Gasteiger partial charge in [-0.25, -0.2) is 9.59 Å². The van der Waals surface area contributed by atoms with Gasteiger partial charge < -0.3 is 28.4 Å². The summed E-state index contributed by atoms with van der Waals surface area (Å²) in [7, 11) is 2.97. The van der Waals surface area contributed by atoms with Crippen LogP contribution in [-0.2, 0) is 28.5 Å². The molecule has 182 valence electrons. The molecule has 0 unspecified atom stereocenters. The fraction of sp³-hybridized carbons (Fsp3) is 0.308. The maximum atomic E-state index is 11.6. The van der Waals surface area contributed by atoms with Gasteiger partial charge in [-0.05, 0) is 35.4 Å². The van der Waals surface area contributed by atoms with Crippen molar-refractivity contribution in [1.82, 2.24) is 0 Å². The minimum atomic E-state index is -0.498. The summed E-state index contributed by atoms with van der Waals surface area (Å²) in [5, 5.41) is 0. The van der Waals surface area contributed by atoms with E-state index in [1.54, 1.807) is 0 Å². The van der Waals surface area contributed by atoms with Crippen molar-refractivity contribution in [2.24, 2.45) is 0 Å². The van der Waals surface area contributed by atoms with Crippen LogP contribution in [0.15, 0.2) is 72.8 Å². The van der Waals surface area contributed by atoms with Crippen LogP contribution in [0.4, 0.5) is 0 Å². The molecule has 0 saturated heterocycles. The SMILES string of the molecule is C=C(COC)C(=O)OCCOc1ccc(-c2ccc(OCCOC(=O)C(=C)COC)cc2)cc1. The lowest BCUT2D eigenvalue weighted by Crippen LogP contribution is -2.15. The molecule has 0 aliphatic heterocycles. The molecule has 0 saturated carbocycles. The predicted molar refractivity (Wildman–Crippen MR) is 127 cm³/mol. The second kappa shape index (κ2) is 14.5. The quantitative estimate of drug-likeness (QED) is 0.222. The number of rotatable bonds is 15. The number of hydrogen-bond donors (Lipinski definition) is 0. The lowest BCUT2D eigenvalue weighted by Gasteiger charge is -2.10. The Morgan fingerprint density at radius 1 is 0.618 bits per heavy atom. The van der Waals surface area contributed by atoms with E-state index in [0.29, 0.717) is 11.5 Å². The standard InChI is InChI=1S/C26H30O8/c1-19(17-29-3)25(27)33-15-13-31-23-9-5-21(6-10-23)22-7-11-24(12-8-22)32-14-16-34-26(28)20(2)18-30-4/h5-12H,1-2,13-18H2,3-4H3. The average molecular weight is 471 g/mol. The smallest absolute Gasteiger partial charge is 0.335 e. The van der Waals surface area contributed by atoms with Crippen LogP contribution in [-0.4, -0.2) is 65.8 Å². The highest BCUT2D eigenvalue weighted by Crippen LogP contribution is 2.24. The molecule has 0 aromatic heterocycles. The molecule has 0 amide bonds. The summed E-state index contributed by atoms with van der Waals surface area (Å²) in [6.45, 7) is 8.14. The molecule has 0 fully saturated rings. The molecule has 0 aliphatic rings. The molecule has 2 aromatic rings. The lowest BCUT2D eigenvalue weighted by atomic mass is 10.1. The predicted octanol–water partition coefficient (Wildman–Crippen LogP) is 3.60. The third kappa shape index (κ3) is 9.09. The highest BCUT2D eigenvalue weighted by atomic mass is 16.6. The van der Waals surface area contributed by atoms with E-state index in [0.717, 1.165) is 11.1 Å². The molecule has 0 atom stereocenters. The molecule has 0 heterocycles. The topological polar surface area (TPSA) is 89.5 Å². The Kier molecular flexibility index (Phi) is 11.4. The zero-order chi connectivity index (χ0) is 24.8. The zero-order valence-electron chi connectivity index (χ0n) is 19.5. The molecule has 0 radical (unpaired) electrons. The van der Waals surface area contributed by atoms with E-state index < -0.39 is 11.9 Å². The van der Waals surface area contributed by atoms with Crippen molar-refractivity contribution in [2.45, 2.75) is 0 Å². The Labute approximate surface area is 199 Å². The minimum Gasteiger partial charge on any atom is -0.490 e. The highest BCUT2D eigenvalue weighted by molar-refractivity contribution is 5.88. The fourth-order valence-electron chi connectivity index (χ4n) is 2.75. The van der Waals surface area contributed by atoms with Crippen LogP contribution in [0.3, 0.4) is 0 Å². The molecule has 34 heavy (non-hydrogen) atoms. The maximum Gasteiger partial charge on any atom is 0.335 e. The van der Waals surface area contributed by atoms with Gasteiger partial charge in [0.2, 0.25) is 0 Å². The highest BCUT2D eigenvalue weighted by Gasteiger charge is 2.09. The Bertz CT molecular complexity index is 868. The number of carbonyl (C=O) groups excluding carboxylic acids is 2. The third-order valence-electron chi connectivity index (χ3n) is 4.43. The monoisotopic (exact) mass is 470 g/mol. The van der Waals surface area contributed by atoms with Crippen molar-refractivity contribution >= 4 is 11.9 Å². The summed E-state index contributed by atoms with van der Waals surface area (Å²) in [5.41, 5.74) is 2.53. The van der Waals surface area contributed by atoms with E-state index in [4.69, 9.17) is 28.4 Å². The van der Waals surface area contributed by atoms with Crippen LogP contribution in [0.2, 0.25) is 0 Å². The van der Waals surface area contributed by atoms with Crippen molar-refractivity contribution in [1.29, 1.82) is 0 Å². The second-order valence-electron chi connectivity index (χ2n) is 7.09. The molecule has 8 nitrogen and oxygen atoms in total. The van der Waals surface area contributed by atoms with Crippen molar-refractivity contribution in [3.63, 3.8) is 0 Å². The van der Waals surface area contributed by atoms with Crippen LogP contribution >= 0.6 is 0 Å². The third-order valence-corrected chi connectivity index (χ3v) is 4.43.